The Kier molecular flexibility index (Phi) is 7.56. The molecule has 0 saturated heterocycles. The van der Waals surface area contributed by atoms with Crippen LogP contribution in [0.15, 0.2) is 53.7 Å². The predicted molar refractivity (Wildman–Crippen MR) is 100 cm³/mol. The fourth-order valence-corrected chi connectivity index (χ4v) is 2.26. The monoisotopic (exact) mass is 342 g/mol. The van der Waals surface area contributed by atoms with Gasteiger partial charge in [-0.3, -0.25) is 9.98 Å². The number of hydrogen-bond acceptors (Lipinski definition) is 4. The number of aliphatic imine (C=N–C) groups is 1. The van der Waals surface area contributed by atoms with Gasteiger partial charge in [-0.25, -0.2) is 0 Å². The molecule has 0 spiro atoms. The lowest BCUT2D eigenvalue weighted by Gasteiger charge is -2.18. The minimum Gasteiger partial charge on any atom is -0.497 e. The Bertz CT molecular complexity index is 661. The van der Waals surface area contributed by atoms with Gasteiger partial charge in [0, 0.05) is 38.0 Å². The van der Waals surface area contributed by atoms with E-state index in [4.69, 9.17) is 9.47 Å². The van der Waals surface area contributed by atoms with Gasteiger partial charge in [0.15, 0.2) is 5.96 Å². The molecule has 1 atom stereocenters. The number of hydrogen-bond donors (Lipinski definition) is 2. The first-order chi connectivity index (χ1) is 12.2. The molecule has 1 aromatic heterocycles. The Labute approximate surface area is 149 Å². The van der Waals surface area contributed by atoms with E-state index in [1.165, 1.54) is 0 Å². The van der Waals surface area contributed by atoms with Crippen molar-refractivity contribution >= 4 is 5.96 Å². The van der Waals surface area contributed by atoms with Crippen LogP contribution in [0.3, 0.4) is 0 Å². The van der Waals surface area contributed by atoms with Gasteiger partial charge in [-0.05, 0) is 31.2 Å². The first-order valence-electron chi connectivity index (χ1n) is 8.36. The number of aromatic nitrogens is 1. The third-order valence-electron chi connectivity index (χ3n) is 3.56. The van der Waals surface area contributed by atoms with Crippen LogP contribution in [-0.4, -0.2) is 44.3 Å². The number of ether oxygens (including phenoxy) is 2. The summed E-state index contributed by atoms with van der Waals surface area (Å²) in [6.45, 7) is 3.41. The van der Waals surface area contributed by atoms with Crippen LogP contribution in [-0.2, 0) is 6.42 Å². The number of rotatable bonds is 8. The van der Waals surface area contributed by atoms with Gasteiger partial charge in [-0.15, -0.1) is 0 Å². The molecule has 25 heavy (non-hydrogen) atoms. The highest BCUT2D eigenvalue weighted by molar-refractivity contribution is 5.79. The highest BCUT2D eigenvalue weighted by atomic mass is 16.5. The zero-order valence-electron chi connectivity index (χ0n) is 15.0. The molecule has 0 radical (unpaired) electrons. The van der Waals surface area contributed by atoms with Crippen LogP contribution in [0.1, 0.15) is 12.6 Å². The number of benzene rings is 1. The molecule has 6 nitrogen and oxygen atoms in total. The first-order valence-corrected chi connectivity index (χ1v) is 8.36. The van der Waals surface area contributed by atoms with Crippen molar-refractivity contribution in [1.29, 1.82) is 0 Å². The Morgan fingerprint density at radius 3 is 2.72 bits per heavy atom. The third kappa shape index (κ3) is 6.71. The molecular weight excluding hydrogens is 316 g/mol. The van der Waals surface area contributed by atoms with Crippen molar-refractivity contribution in [3.8, 4) is 11.5 Å². The normalized spacial score (nSPS) is 12.4. The zero-order valence-corrected chi connectivity index (χ0v) is 15.0. The molecule has 2 rings (SSSR count). The summed E-state index contributed by atoms with van der Waals surface area (Å²) in [6.07, 6.45) is 2.64. The number of guanidine groups is 1. The van der Waals surface area contributed by atoms with Gasteiger partial charge in [-0.2, -0.15) is 0 Å². The van der Waals surface area contributed by atoms with Crippen molar-refractivity contribution in [2.75, 3.05) is 27.2 Å². The lowest BCUT2D eigenvalue weighted by molar-refractivity contribution is 0.223. The molecule has 0 fully saturated rings. The molecule has 0 amide bonds. The summed E-state index contributed by atoms with van der Waals surface area (Å²) in [4.78, 5) is 8.53. The fourth-order valence-electron chi connectivity index (χ4n) is 2.26. The maximum Gasteiger partial charge on any atom is 0.191 e. The van der Waals surface area contributed by atoms with Crippen LogP contribution in [0.25, 0.3) is 0 Å². The molecule has 2 aromatic rings. The fraction of sp³-hybridized carbons (Fsp3) is 0.368. The van der Waals surface area contributed by atoms with Gasteiger partial charge in [0.1, 0.15) is 17.6 Å². The summed E-state index contributed by atoms with van der Waals surface area (Å²) < 4.78 is 11.1. The molecule has 2 N–H and O–H groups in total. The standard InChI is InChI=1S/C19H26N4O2/c1-15(25-18-9-6-8-17(13-18)24-3)14-23-19(20-2)22-12-10-16-7-4-5-11-21-16/h4-9,11,13,15H,10,12,14H2,1-3H3,(H2,20,22,23). The number of methoxy groups -OCH3 is 1. The molecule has 1 unspecified atom stereocenters. The van der Waals surface area contributed by atoms with Crippen molar-refractivity contribution < 1.29 is 9.47 Å². The van der Waals surface area contributed by atoms with Gasteiger partial charge in [0.2, 0.25) is 0 Å². The number of nitrogens with zero attached hydrogens (tertiary/aromatic N) is 2. The van der Waals surface area contributed by atoms with Crippen LogP contribution in [0.2, 0.25) is 0 Å². The van der Waals surface area contributed by atoms with Gasteiger partial charge in [0.25, 0.3) is 0 Å². The smallest absolute Gasteiger partial charge is 0.191 e. The second-order valence-corrected chi connectivity index (χ2v) is 5.56. The van der Waals surface area contributed by atoms with E-state index >= 15 is 0 Å². The van der Waals surface area contributed by atoms with E-state index in [1.807, 2.05) is 49.4 Å². The highest BCUT2D eigenvalue weighted by Gasteiger charge is 2.06. The van der Waals surface area contributed by atoms with E-state index in [0.29, 0.717) is 6.54 Å². The summed E-state index contributed by atoms with van der Waals surface area (Å²) in [6, 6.07) is 13.5. The van der Waals surface area contributed by atoms with Crippen molar-refractivity contribution in [2.24, 2.45) is 4.99 Å². The maximum atomic E-state index is 5.89. The highest BCUT2D eigenvalue weighted by Crippen LogP contribution is 2.19. The summed E-state index contributed by atoms with van der Waals surface area (Å²) in [5.74, 6) is 2.31. The lowest BCUT2D eigenvalue weighted by atomic mass is 10.3. The summed E-state index contributed by atoms with van der Waals surface area (Å²) >= 11 is 0. The number of nitrogens with one attached hydrogen (secondary N) is 2. The molecule has 6 heteroatoms. The largest absolute Gasteiger partial charge is 0.497 e. The van der Waals surface area contributed by atoms with Crippen LogP contribution in [0.5, 0.6) is 11.5 Å². The van der Waals surface area contributed by atoms with E-state index in [0.717, 1.165) is 36.1 Å². The van der Waals surface area contributed by atoms with Crippen molar-refractivity contribution in [3.63, 3.8) is 0 Å². The Balaban J connectivity index is 1.72. The quantitative estimate of drug-likeness (QED) is 0.569. The van der Waals surface area contributed by atoms with Gasteiger partial charge >= 0.3 is 0 Å². The molecular formula is C19H26N4O2. The molecule has 0 bridgehead atoms. The van der Waals surface area contributed by atoms with Crippen molar-refractivity contribution in [2.45, 2.75) is 19.4 Å². The van der Waals surface area contributed by atoms with Gasteiger partial charge in [-0.1, -0.05) is 12.1 Å². The van der Waals surface area contributed by atoms with Crippen molar-refractivity contribution in [1.82, 2.24) is 15.6 Å². The minimum absolute atomic E-state index is 0.0125. The van der Waals surface area contributed by atoms with Crippen LogP contribution >= 0.6 is 0 Å². The maximum absolute atomic E-state index is 5.89. The van der Waals surface area contributed by atoms with Crippen LogP contribution in [0, 0.1) is 0 Å². The summed E-state index contributed by atoms with van der Waals surface area (Å²) in [5, 5.41) is 6.55. The van der Waals surface area contributed by atoms with Crippen LogP contribution in [0.4, 0.5) is 0 Å². The molecule has 0 aliphatic carbocycles. The Hall–Kier alpha value is -2.76. The molecule has 134 valence electrons. The second-order valence-electron chi connectivity index (χ2n) is 5.56. The predicted octanol–water partition coefficient (Wildman–Crippen LogP) is 2.27. The Morgan fingerprint density at radius 2 is 2.00 bits per heavy atom. The van der Waals surface area contributed by atoms with Crippen LogP contribution < -0.4 is 20.1 Å². The molecule has 1 aromatic carbocycles. The Morgan fingerprint density at radius 1 is 1.16 bits per heavy atom. The lowest BCUT2D eigenvalue weighted by Crippen LogP contribution is -2.42. The molecule has 0 aliphatic rings. The van der Waals surface area contributed by atoms with E-state index in [2.05, 4.69) is 20.6 Å². The van der Waals surface area contributed by atoms with E-state index < -0.39 is 0 Å². The first kappa shape index (κ1) is 18.6. The van der Waals surface area contributed by atoms with Gasteiger partial charge < -0.3 is 20.1 Å². The second kappa shape index (κ2) is 10.2. The molecule has 0 aliphatic heterocycles. The number of pyridine rings is 1. The average Bonchev–Trinajstić information content (AvgIpc) is 2.65. The average molecular weight is 342 g/mol. The van der Waals surface area contributed by atoms with Crippen molar-refractivity contribution in [3.05, 3.63) is 54.4 Å². The van der Waals surface area contributed by atoms with E-state index in [-0.39, 0.29) is 6.10 Å². The molecule has 0 saturated carbocycles. The third-order valence-corrected chi connectivity index (χ3v) is 3.56. The minimum atomic E-state index is -0.0125. The summed E-state index contributed by atoms with van der Waals surface area (Å²) in [7, 11) is 3.40. The zero-order chi connectivity index (χ0) is 17.9. The van der Waals surface area contributed by atoms with E-state index in [9.17, 15) is 0 Å². The topological polar surface area (TPSA) is 67.8 Å². The SMILES string of the molecule is CN=C(NCCc1ccccn1)NCC(C)Oc1cccc(OC)c1. The van der Waals surface area contributed by atoms with Gasteiger partial charge in [0.05, 0.1) is 13.7 Å². The van der Waals surface area contributed by atoms with E-state index in [1.54, 1.807) is 20.4 Å². The molecule has 1 heterocycles. The summed E-state index contributed by atoms with van der Waals surface area (Å²) in [5.41, 5.74) is 1.06.